The van der Waals surface area contributed by atoms with Gasteiger partial charge in [0.25, 0.3) is 0 Å². The van der Waals surface area contributed by atoms with Crippen molar-refractivity contribution in [2.24, 2.45) is 0 Å². The van der Waals surface area contributed by atoms with Gasteiger partial charge >= 0.3 is 0 Å². The Morgan fingerprint density at radius 1 is 1.17 bits per heavy atom. The Hall–Kier alpha value is -1.42. The van der Waals surface area contributed by atoms with Crippen LogP contribution in [0.25, 0.3) is 11.3 Å². The van der Waals surface area contributed by atoms with E-state index < -0.39 is 0 Å². The molecular weight excluding hydrogens is 290 g/mol. The second kappa shape index (κ2) is 5.48. The van der Waals surface area contributed by atoms with Crippen LogP contribution in [0.15, 0.2) is 28.7 Å². The Bertz CT molecular complexity index is 567. The van der Waals surface area contributed by atoms with E-state index in [0.29, 0.717) is 0 Å². The van der Waals surface area contributed by atoms with E-state index in [9.17, 15) is 0 Å². The summed E-state index contributed by atoms with van der Waals surface area (Å²) in [4.78, 5) is 9.01. The van der Waals surface area contributed by atoms with Crippen molar-refractivity contribution in [3.8, 4) is 11.3 Å². The van der Waals surface area contributed by atoms with Gasteiger partial charge in [0.2, 0.25) is 0 Å². The first kappa shape index (κ1) is 13.0. The third-order valence-corrected chi connectivity index (χ3v) is 3.42. The van der Waals surface area contributed by atoms with E-state index in [1.165, 1.54) is 0 Å². The van der Waals surface area contributed by atoms with Crippen LogP contribution in [0.2, 0.25) is 0 Å². The van der Waals surface area contributed by atoms with Gasteiger partial charge in [-0.25, -0.2) is 9.97 Å². The molecule has 1 N–H and O–H groups in total. The molecule has 0 aliphatic heterocycles. The quantitative estimate of drug-likeness (QED) is 0.933. The molecule has 0 spiro atoms. The van der Waals surface area contributed by atoms with Crippen LogP contribution >= 0.6 is 15.9 Å². The molecule has 94 valence electrons. The molecular formula is C14H16BrN3. The number of nitrogens with one attached hydrogen (secondary N) is 1. The lowest BCUT2D eigenvalue weighted by molar-refractivity contribution is 1.02. The highest BCUT2D eigenvalue weighted by Crippen LogP contribution is 2.31. The molecule has 0 atom stereocenters. The minimum atomic E-state index is 0.780. The fourth-order valence-corrected chi connectivity index (χ4v) is 2.36. The molecule has 1 aromatic heterocycles. The Morgan fingerprint density at radius 3 is 2.56 bits per heavy atom. The zero-order valence-corrected chi connectivity index (χ0v) is 12.4. The zero-order chi connectivity index (χ0) is 13.1. The molecule has 1 heterocycles. The van der Waals surface area contributed by atoms with Crippen LogP contribution in [0.1, 0.15) is 18.3 Å². The van der Waals surface area contributed by atoms with Gasteiger partial charge < -0.3 is 5.32 Å². The number of nitrogens with zero attached hydrogens (tertiary/aromatic N) is 2. The first-order valence-electron chi connectivity index (χ1n) is 5.97. The monoisotopic (exact) mass is 305 g/mol. The summed E-state index contributed by atoms with van der Waals surface area (Å²) in [6, 6.07) is 8.11. The van der Waals surface area contributed by atoms with Gasteiger partial charge in [-0.05, 0) is 26.8 Å². The van der Waals surface area contributed by atoms with Crippen LogP contribution in [0.5, 0.6) is 0 Å². The van der Waals surface area contributed by atoms with Crippen LogP contribution in [0.3, 0.4) is 0 Å². The Balaban J connectivity index is 2.61. The first-order valence-corrected chi connectivity index (χ1v) is 6.76. The first-order chi connectivity index (χ1) is 8.63. The highest BCUT2D eigenvalue weighted by Gasteiger charge is 2.12. The summed E-state index contributed by atoms with van der Waals surface area (Å²) in [7, 11) is 0. The SMILES string of the molecule is CCNc1nc(C)nc(-c2ccccc2Br)c1C. The van der Waals surface area contributed by atoms with E-state index in [4.69, 9.17) is 0 Å². The lowest BCUT2D eigenvalue weighted by Crippen LogP contribution is -2.06. The number of aromatic nitrogens is 2. The Labute approximate surface area is 116 Å². The van der Waals surface area contributed by atoms with Gasteiger partial charge in [-0.3, -0.25) is 0 Å². The number of rotatable bonds is 3. The topological polar surface area (TPSA) is 37.8 Å². The zero-order valence-electron chi connectivity index (χ0n) is 10.8. The molecule has 0 aliphatic carbocycles. The van der Waals surface area contributed by atoms with Crippen molar-refractivity contribution in [3.63, 3.8) is 0 Å². The molecule has 3 nitrogen and oxygen atoms in total. The number of hydrogen-bond acceptors (Lipinski definition) is 3. The molecule has 0 saturated carbocycles. The van der Waals surface area contributed by atoms with Crippen molar-refractivity contribution in [1.82, 2.24) is 9.97 Å². The van der Waals surface area contributed by atoms with Gasteiger partial charge in [0.1, 0.15) is 11.6 Å². The fourth-order valence-electron chi connectivity index (χ4n) is 1.88. The predicted molar refractivity (Wildman–Crippen MR) is 78.8 cm³/mol. The normalized spacial score (nSPS) is 10.4. The summed E-state index contributed by atoms with van der Waals surface area (Å²) in [5, 5.41) is 3.28. The van der Waals surface area contributed by atoms with E-state index in [0.717, 1.165) is 39.5 Å². The minimum Gasteiger partial charge on any atom is -0.370 e. The lowest BCUT2D eigenvalue weighted by atomic mass is 10.1. The highest BCUT2D eigenvalue weighted by atomic mass is 79.9. The van der Waals surface area contributed by atoms with E-state index in [2.05, 4.69) is 44.2 Å². The summed E-state index contributed by atoms with van der Waals surface area (Å²) < 4.78 is 1.05. The van der Waals surface area contributed by atoms with Gasteiger partial charge in [-0.1, -0.05) is 34.1 Å². The van der Waals surface area contributed by atoms with E-state index in [-0.39, 0.29) is 0 Å². The predicted octanol–water partition coefficient (Wildman–Crippen LogP) is 3.95. The maximum atomic E-state index is 4.57. The number of halogens is 1. The van der Waals surface area contributed by atoms with Gasteiger partial charge in [-0.2, -0.15) is 0 Å². The van der Waals surface area contributed by atoms with Crippen LogP contribution in [0, 0.1) is 13.8 Å². The lowest BCUT2D eigenvalue weighted by Gasteiger charge is -2.13. The van der Waals surface area contributed by atoms with Gasteiger partial charge in [0.05, 0.1) is 5.69 Å². The standard InChI is InChI=1S/C14H16BrN3/c1-4-16-14-9(2)13(17-10(3)18-14)11-7-5-6-8-12(11)15/h5-8H,4H2,1-3H3,(H,16,17,18). The summed E-state index contributed by atoms with van der Waals surface area (Å²) in [6.07, 6.45) is 0. The third kappa shape index (κ3) is 2.53. The Morgan fingerprint density at radius 2 is 1.89 bits per heavy atom. The second-order valence-corrected chi connectivity index (χ2v) is 4.96. The van der Waals surface area contributed by atoms with Crippen molar-refractivity contribution in [2.45, 2.75) is 20.8 Å². The van der Waals surface area contributed by atoms with E-state index >= 15 is 0 Å². The summed E-state index contributed by atoms with van der Waals surface area (Å²) >= 11 is 3.57. The molecule has 4 heteroatoms. The van der Waals surface area contributed by atoms with Crippen molar-refractivity contribution in [2.75, 3.05) is 11.9 Å². The van der Waals surface area contributed by atoms with Crippen molar-refractivity contribution < 1.29 is 0 Å². The molecule has 0 bridgehead atoms. The molecule has 0 aliphatic rings. The van der Waals surface area contributed by atoms with Gasteiger partial charge in [0.15, 0.2) is 0 Å². The highest BCUT2D eigenvalue weighted by molar-refractivity contribution is 9.10. The molecule has 2 rings (SSSR count). The van der Waals surface area contributed by atoms with Gasteiger partial charge in [-0.15, -0.1) is 0 Å². The largest absolute Gasteiger partial charge is 0.370 e. The number of hydrogen-bond donors (Lipinski definition) is 1. The summed E-state index contributed by atoms with van der Waals surface area (Å²) in [6.45, 7) is 6.88. The smallest absolute Gasteiger partial charge is 0.133 e. The second-order valence-electron chi connectivity index (χ2n) is 4.10. The maximum Gasteiger partial charge on any atom is 0.133 e. The summed E-state index contributed by atoms with van der Waals surface area (Å²) in [5.74, 6) is 1.69. The van der Waals surface area contributed by atoms with Crippen molar-refractivity contribution in [1.29, 1.82) is 0 Å². The molecule has 0 amide bonds. The van der Waals surface area contributed by atoms with E-state index in [1.54, 1.807) is 0 Å². The molecule has 0 radical (unpaired) electrons. The molecule has 2 aromatic rings. The number of benzene rings is 1. The molecule has 0 unspecified atom stereocenters. The van der Waals surface area contributed by atoms with E-state index in [1.807, 2.05) is 32.0 Å². The minimum absolute atomic E-state index is 0.780. The average Bonchev–Trinajstić information content (AvgIpc) is 2.34. The van der Waals surface area contributed by atoms with Crippen LogP contribution < -0.4 is 5.32 Å². The molecule has 1 aromatic carbocycles. The molecule has 18 heavy (non-hydrogen) atoms. The number of aryl methyl sites for hydroxylation is 1. The molecule has 0 saturated heterocycles. The average molecular weight is 306 g/mol. The van der Waals surface area contributed by atoms with Crippen molar-refractivity contribution >= 4 is 21.7 Å². The summed E-state index contributed by atoms with van der Waals surface area (Å²) in [5.41, 5.74) is 3.15. The molecule has 0 fully saturated rings. The van der Waals surface area contributed by atoms with Gasteiger partial charge in [0, 0.05) is 22.1 Å². The van der Waals surface area contributed by atoms with Crippen LogP contribution in [-0.2, 0) is 0 Å². The third-order valence-electron chi connectivity index (χ3n) is 2.73. The van der Waals surface area contributed by atoms with Crippen LogP contribution in [-0.4, -0.2) is 16.5 Å². The Kier molecular flexibility index (Phi) is 3.97. The number of anilines is 1. The maximum absolute atomic E-state index is 4.57. The van der Waals surface area contributed by atoms with Crippen LogP contribution in [0.4, 0.5) is 5.82 Å². The fraction of sp³-hybridized carbons (Fsp3) is 0.286. The van der Waals surface area contributed by atoms with Crippen molar-refractivity contribution in [3.05, 3.63) is 40.1 Å².